The largest absolute Gasteiger partial charge is 0.461 e. The van der Waals surface area contributed by atoms with E-state index in [1.54, 1.807) is 13.0 Å². The number of alkyl carbamates (subject to hydrolysis) is 1. The van der Waals surface area contributed by atoms with E-state index < -0.39 is 94.4 Å². The summed E-state index contributed by atoms with van der Waals surface area (Å²) in [6.07, 6.45) is 2.11. The summed E-state index contributed by atoms with van der Waals surface area (Å²) in [4.78, 5) is 77.8. The number of carbonyl (C=O) groups excluding carboxylic acids is 6. The van der Waals surface area contributed by atoms with Crippen LogP contribution in [0.25, 0.3) is 11.1 Å². The highest BCUT2D eigenvalue weighted by atomic mass is 32.2. The van der Waals surface area contributed by atoms with Crippen molar-refractivity contribution in [2.75, 3.05) is 44.6 Å². The number of carbonyl (C=O) groups is 6. The number of ketones is 1. The van der Waals surface area contributed by atoms with Gasteiger partial charge in [-0.05, 0) is 96.6 Å². The molecule has 3 aromatic rings. The third kappa shape index (κ3) is 9.76. The number of amides is 3. The van der Waals surface area contributed by atoms with Crippen LogP contribution in [-0.2, 0) is 38.1 Å². The predicted octanol–water partition coefficient (Wildman–Crippen LogP) is 7.10. The molecule has 10 atom stereocenters. The molecular formula is C54H61F2N3O12S. The molecule has 2 aromatic carbocycles. The van der Waals surface area contributed by atoms with Crippen LogP contribution in [0.15, 0.2) is 108 Å². The van der Waals surface area contributed by atoms with Crippen molar-refractivity contribution in [2.45, 2.75) is 88.4 Å². The summed E-state index contributed by atoms with van der Waals surface area (Å²) in [6.45, 7) is 8.13. The zero-order valence-corrected chi connectivity index (χ0v) is 41.3. The van der Waals surface area contributed by atoms with E-state index in [0.717, 1.165) is 28.3 Å². The SMILES string of the molecule is C=CCOC(=O)CC[C@H](NC(=O)CNC(=O)OCC1c2ccccc2-c2ccccc21)C(=O)NCOCCSC[C@@]1(OC(=O)c2ccco2)[C@H](C)C[C@H]2[C@@H]3C[C@H](F)C4=CC(=O)C=C[C@]4(C)[C@@]3(F)[C@@H](O)C[C@@]21C. The molecule has 5 aliphatic carbocycles. The number of fused-ring (bicyclic) bond motifs is 8. The lowest BCUT2D eigenvalue weighted by atomic mass is 9.44. The second-order valence-electron chi connectivity index (χ2n) is 19.7. The normalized spacial score (nSPS) is 29.2. The average Bonchev–Trinajstić information content (AvgIpc) is 4.07. The fourth-order valence-corrected chi connectivity index (χ4v) is 13.6. The molecule has 0 unspecified atom stereocenters. The number of rotatable bonds is 20. The number of aliphatic hydroxyl groups excluding tert-OH is 1. The second-order valence-corrected chi connectivity index (χ2v) is 20.8. The average molecular weight is 1010 g/mol. The van der Waals surface area contributed by atoms with E-state index in [-0.39, 0.29) is 81.2 Å². The van der Waals surface area contributed by atoms with Gasteiger partial charge in [0.2, 0.25) is 17.6 Å². The molecule has 0 bridgehead atoms. The maximum atomic E-state index is 18.0. The Morgan fingerprint density at radius 2 is 1.71 bits per heavy atom. The number of ether oxygens (including phenoxy) is 4. The van der Waals surface area contributed by atoms with Gasteiger partial charge in [0.15, 0.2) is 11.5 Å². The number of hydrogen-bond acceptors (Lipinski definition) is 13. The molecule has 0 saturated heterocycles. The van der Waals surface area contributed by atoms with Gasteiger partial charge in [0.05, 0.1) is 19.0 Å². The first kappa shape index (κ1) is 52.2. The Bertz CT molecular complexity index is 2580. The zero-order valence-electron chi connectivity index (χ0n) is 40.5. The molecule has 0 radical (unpaired) electrons. The van der Waals surface area contributed by atoms with Gasteiger partial charge in [0.25, 0.3) is 0 Å². The van der Waals surface area contributed by atoms with E-state index >= 15 is 8.78 Å². The molecule has 3 amide bonds. The molecule has 1 heterocycles. The Morgan fingerprint density at radius 3 is 2.40 bits per heavy atom. The van der Waals surface area contributed by atoms with Crippen LogP contribution in [0, 0.1) is 28.6 Å². The number of hydrogen-bond donors (Lipinski definition) is 4. The van der Waals surface area contributed by atoms with Crippen molar-refractivity contribution in [1.29, 1.82) is 0 Å². The fraction of sp³-hybridized carbons (Fsp3) is 0.481. The number of allylic oxidation sites excluding steroid dienone is 4. The number of thioether (sulfide) groups is 1. The number of esters is 2. The summed E-state index contributed by atoms with van der Waals surface area (Å²) in [6, 6.07) is 17.6. The molecule has 72 heavy (non-hydrogen) atoms. The number of nitrogens with one attached hydrogen (secondary N) is 3. The Morgan fingerprint density at radius 1 is 0.986 bits per heavy atom. The number of aliphatic hydroxyl groups is 1. The molecule has 1 aromatic heterocycles. The zero-order chi connectivity index (χ0) is 51.4. The van der Waals surface area contributed by atoms with Gasteiger partial charge in [-0.15, -0.1) is 0 Å². The minimum absolute atomic E-state index is 0.0227. The van der Waals surface area contributed by atoms with Crippen LogP contribution in [-0.4, -0.2) is 115 Å². The van der Waals surface area contributed by atoms with Gasteiger partial charge in [0.1, 0.15) is 44.3 Å². The van der Waals surface area contributed by atoms with Gasteiger partial charge in [-0.2, -0.15) is 11.8 Å². The number of halogens is 2. The van der Waals surface area contributed by atoms with E-state index in [4.69, 9.17) is 23.4 Å². The maximum absolute atomic E-state index is 18.0. The Labute approximate surface area is 420 Å². The molecule has 18 heteroatoms. The highest BCUT2D eigenvalue weighted by molar-refractivity contribution is 7.99. The molecule has 384 valence electrons. The highest BCUT2D eigenvalue weighted by Gasteiger charge is 2.76. The summed E-state index contributed by atoms with van der Waals surface area (Å²) in [5, 5.41) is 19.6. The Kier molecular flexibility index (Phi) is 15.6. The van der Waals surface area contributed by atoms with Crippen LogP contribution in [0.5, 0.6) is 0 Å². The van der Waals surface area contributed by atoms with Crippen molar-refractivity contribution < 1.29 is 66.0 Å². The molecule has 3 fully saturated rings. The van der Waals surface area contributed by atoms with Crippen LogP contribution < -0.4 is 16.0 Å². The molecule has 4 N–H and O–H groups in total. The number of furan rings is 1. The molecular weight excluding hydrogens is 953 g/mol. The summed E-state index contributed by atoms with van der Waals surface area (Å²) < 4.78 is 62.4. The van der Waals surface area contributed by atoms with Crippen molar-refractivity contribution in [3.05, 3.63) is 120 Å². The molecule has 8 rings (SSSR count). The van der Waals surface area contributed by atoms with Crippen LogP contribution >= 0.6 is 11.8 Å². The standard InChI is InChI=1S/C54H61F2N3O12S/c1-5-20-69-47(63)17-16-43(59-46(62)28-57-50(66)70-29-38-36-13-8-6-11-34(36)35-12-7-9-14-37(35)38)48(64)58-31-67-22-23-72-30-53(71-49(65)44-15-10-21-68-44)32(2)24-39-40-26-42(55)41-25-33(60)18-19-51(41,3)54(40,56)45(61)27-52(39,53)4/h5-15,18-19,21,25,32,38-40,42-43,45,61H,1,16-17,20,22-24,26-31H2,2-4H3,(H,57,66)(H,58,64)(H,59,62)/t32-,39+,40+,42+,43+,45+,51+,52+,53-,54+/m1/s1. The number of benzene rings is 2. The van der Waals surface area contributed by atoms with E-state index in [2.05, 4.69) is 22.5 Å². The predicted molar refractivity (Wildman–Crippen MR) is 262 cm³/mol. The van der Waals surface area contributed by atoms with E-state index in [1.807, 2.05) is 62.4 Å². The summed E-state index contributed by atoms with van der Waals surface area (Å²) in [5.41, 5.74) is -2.01. The van der Waals surface area contributed by atoms with Crippen molar-refractivity contribution in [1.82, 2.24) is 16.0 Å². The lowest BCUT2D eigenvalue weighted by Crippen LogP contribution is -2.70. The minimum atomic E-state index is -2.31. The van der Waals surface area contributed by atoms with Crippen molar-refractivity contribution in [3.8, 4) is 11.1 Å². The Balaban J connectivity index is 0.860. The van der Waals surface area contributed by atoms with Crippen LogP contribution in [0.4, 0.5) is 13.6 Å². The fourth-order valence-electron chi connectivity index (χ4n) is 12.2. The first-order valence-electron chi connectivity index (χ1n) is 24.3. The highest BCUT2D eigenvalue weighted by Crippen LogP contribution is 2.72. The molecule has 5 aliphatic rings. The summed E-state index contributed by atoms with van der Waals surface area (Å²) in [5.74, 6) is -4.76. The molecule has 0 spiro atoms. The van der Waals surface area contributed by atoms with Crippen molar-refractivity contribution in [3.63, 3.8) is 0 Å². The Hall–Kier alpha value is -6.11. The van der Waals surface area contributed by atoms with Crippen LogP contribution in [0.3, 0.4) is 0 Å². The van der Waals surface area contributed by atoms with Gasteiger partial charge in [-0.3, -0.25) is 19.2 Å². The van der Waals surface area contributed by atoms with Gasteiger partial charge in [-0.1, -0.05) is 81.1 Å². The topological polar surface area (TPSA) is 209 Å². The summed E-state index contributed by atoms with van der Waals surface area (Å²) in [7, 11) is 0. The van der Waals surface area contributed by atoms with Crippen LogP contribution in [0.2, 0.25) is 0 Å². The first-order chi connectivity index (χ1) is 34.5. The smallest absolute Gasteiger partial charge is 0.407 e. The van der Waals surface area contributed by atoms with E-state index in [0.29, 0.717) is 12.2 Å². The van der Waals surface area contributed by atoms with Gasteiger partial charge >= 0.3 is 18.0 Å². The molecule has 0 aliphatic heterocycles. The van der Waals surface area contributed by atoms with Crippen LogP contribution in [0.1, 0.15) is 80.5 Å². The lowest BCUT2D eigenvalue weighted by molar-refractivity contribution is -0.221. The third-order valence-corrected chi connectivity index (χ3v) is 16.9. The second kappa shape index (κ2) is 21.5. The van der Waals surface area contributed by atoms with E-state index in [9.17, 15) is 33.9 Å². The summed E-state index contributed by atoms with van der Waals surface area (Å²) >= 11 is 1.39. The molecule has 15 nitrogen and oxygen atoms in total. The van der Waals surface area contributed by atoms with Crippen molar-refractivity contribution in [2.24, 2.45) is 28.6 Å². The first-order valence-corrected chi connectivity index (χ1v) is 25.4. The third-order valence-electron chi connectivity index (χ3n) is 15.8. The van der Waals surface area contributed by atoms with Gasteiger partial charge < -0.3 is 44.4 Å². The van der Waals surface area contributed by atoms with Gasteiger partial charge in [-0.25, -0.2) is 18.4 Å². The van der Waals surface area contributed by atoms with E-state index in [1.165, 1.54) is 42.3 Å². The quantitative estimate of drug-likeness (QED) is 0.0293. The number of alkyl halides is 2. The maximum Gasteiger partial charge on any atom is 0.407 e. The van der Waals surface area contributed by atoms with Crippen molar-refractivity contribution >= 4 is 47.4 Å². The molecule has 3 saturated carbocycles. The lowest BCUT2D eigenvalue weighted by Gasteiger charge is -2.63. The monoisotopic (exact) mass is 1010 g/mol. The van der Waals surface area contributed by atoms with Gasteiger partial charge in [0, 0.05) is 40.6 Å². The minimum Gasteiger partial charge on any atom is -0.461 e.